The number of nitrogens with two attached hydrogens (primary N) is 1. The van der Waals surface area contributed by atoms with Crippen LogP contribution >= 0.6 is 11.6 Å². The van der Waals surface area contributed by atoms with Crippen molar-refractivity contribution in [1.82, 2.24) is 0 Å². The van der Waals surface area contributed by atoms with Gasteiger partial charge in [-0.25, -0.2) is 0 Å². The standard InChI is InChI=1S/C16H18ClN/c1-11(2)13-4-3-5-14(10-13)16(18)12-6-8-15(17)9-7-12/h3-11,16H,18H2,1-2H3. The summed E-state index contributed by atoms with van der Waals surface area (Å²) in [6.07, 6.45) is 0. The van der Waals surface area contributed by atoms with Gasteiger partial charge in [0.05, 0.1) is 6.04 Å². The van der Waals surface area contributed by atoms with Gasteiger partial charge in [-0.3, -0.25) is 0 Å². The molecule has 0 radical (unpaired) electrons. The smallest absolute Gasteiger partial charge is 0.0551 e. The lowest BCUT2D eigenvalue weighted by atomic mass is 9.95. The van der Waals surface area contributed by atoms with Gasteiger partial charge in [0, 0.05) is 5.02 Å². The molecular weight excluding hydrogens is 242 g/mol. The van der Waals surface area contributed by atoms with Crippen LogP contribution in [0.3, 0.4) is 0 Å². The average Bonchev–Trinajstić information content (AvgIpc) is 2.39. The van der Waals surface area contributed by atoms with Crippen LogP contribution in [0.4, 0.5) is 0 Å². The maximum Gasteiger partial charge on any atom is 0.0551 e. The van der Waals surface area contributed by atoms with Gasteiger partial charge in [0.15, 0.2) is 0 Å². The molecule has 1 atom stereocenters. The van der Waals surface area contributed by atoms with E-state index >= 15 is 0 Å². The van der Waals surface area contributed by atoms with E-state index < -0.39 is 0 Å². The zero-order valence-electron chi connectivity index (χ0n) is 10.7. The van der Waals surface area contributed by atoms with Gasteiger partial charge in [0.25, 0.3) is 0 Å². The number of hydrogen-bond acceptors (Lipinski definition) is 1. The molecule has 0 spiro atoms. The van der Waals surface area contributed by atoms with Crippen LogP contribution in [0.15, 0.2) is 48.5 Å². The first kappa shape index (κ1) is 13.1. The molecule has 0 aliphatic heterocycles. The van der Waals surface area contributed by atoms with E-state index in [-0.39, 0.29) is 6.04 Å². The van der Waals surface area contributed by atoms with E-state index in [4.69, 9.17) is 17.3 Å². The molecule has 0 aliphatic carbocycles. The predicted octanol–water partition coefficient (Wildman–Crippen LogP) is 4.51. The molecule has 0 heterocycles. The van der Waals surface area contributed by atoms with Crippen LogP contribution in [0.25, 0.3) is 0 Å². The Labute approximate surface area is 114 Å². The lowest BCUT2D eigenvalue weighted by molar-refractivity contribution is 0.837. The van der Waals surface area contributed by atoms with Crippen molar-refractivity contribution in [2.24, 2.45) is 5.73 Å². The van der Waals surface area contributed by atoms with Crippen LogP contribution in [0.5, 0.6) is 0 Å². The van der Waals surface area contributed by atoms with Gasteiger partial charge in [-0.05, 0) is 34.7 Å². The molecule has 18 heavy (non-hydrogen) atoms. The molecule has 2 rings (SSSR count). The summed E-state index contributed by atoms with van der Waals surface area (Å²) in [5.41, 5.74) is 9.83. The third-order valence-corrected chi connectivity index (χ3v) is 3.42. The van der Waals surface area contributed by atoms with Crippen LogP contribution in [-0.4, -0.2) is 0 Å². The van der Waals surface area contributed by atoms with Crippen LogP contribution < -0.4 is 5.73 Å². The normalized spacial score (nSPS) is 12.7. The van der Waals surface area contributed by atoms with Crippen molar-refractivity contribution in [1.29, 1.82) is 0 Å². The SMILES string of the molecule is CC(C)c1cccc(C(N)c2ccc(Cl)cc2)c1. The van der Waals surface area contributed by atoms with Crippen molar-refractivity contribution in [2.45, 2.75) is 25.8 Å². The van der Waals surface area contributed by atoms with Crippen molar-refractivity contribution < 1.29 is 0 Å². The summed E-state index contributed by atoms with van der Waals surface area (Å²) >= 11 is 5.89. The maximum atomic E-state index is 6.29. The Hall–Kier alpha value is -1.31. The molecule has 2 heteroatoms. The quantitative estimate of drug-likeness (QED) is 0.862. The molecule has 0 aliphatic rings. The molecule has 1 nitrogen and oxygen atoms in total. The molecule has 2 N–H and O–H groups in total. The summed E-state index contributed by atoms with van der Waals surface area (Å²) in [7, 11) is 0. The predicted molar refractivity (Wildman–Crippen MR) is 78.0 cm³/mol. The third kappa shape index (κ3) is 2.92. The van der Waals surface area contributed by atoms with E-state index in [1.807, 2.05) is 24.3 Å². The van der Waals surface area contributed by atoms with E-state index in [9.17, 15) is 0 Å². The first-order valence-corrected chi connectivity index (χ1v) is 6.56. The molecule has 0 aromatic heterocycles. The minimum atomic E-state index is -0.0963. The second-order valence-electron chi connectivity index (χ2n) is 4.85. The molecule has 0 bridgehead atoms. The Kier molecular flexibility index (Phi) is 4.05. The van der Waals surface area contributed by atoms with Crippen LogP contribution in [0.2, 0.25) is 5.02 Å². The topological polar surface area (TPSA) is 26.0 Å². The highest BCUT2D eigenvalue weighted by Gasteiger charge is 2.10. The third-order valence-electron chi connectivity index (χ3n) is 3.17. The van der Waals surface area contributed by atoms with Gasteiger partial charge in [-0.1, -0.05) is 61.8 Å². The van der Waals surface area contributed by atoms with E-state index in [1.54, 1.807) is 0 Å². The summed E-state index contributed by atoms with van der Waals surface area (Å²) < 4.78 is 0. The highest BCUT2D eigenvalue weighted by Crippen LogP contribution is 2.24. The highest BCUT2D eigenvalue weighted by atomic mass is 35.5. The first-order chi connectivity index (χ1) is 8.58. The summed E-state index contributed by atoms with van der Waals surface area (Å²) in [6, 6.07) is 16.1. The van der Waals surface area contributed by atoms with E-state index in [0.29, 0.717) is 5.92 Å². The molecular formula is C16H18ClN. The molecule has 0 fully saturated rings. The fourth-order valence-corrected chi connectivity index (χ4v) is 2.10. The van der Waals surface area contributed by atoms with E-state index in [2.05, 4.69) is 38.1 Å². The Balaban J connectivity index is 2.30. The molecule has 0 saturated heterocycles. The van der Waals surface area contributed by atoms with Crippen molar-refractivity contribution >= 4 is 11.6 Å². The highest BCUT2D eigenvalue weighted by molar-refractivity contribution is 6.30. The summed E-state index contributed by atoms with van der Waals surface area (Å²) in [5, 5.41) is 0.738. The van der Waals surface area contributed by atoms with Gasteiger partial charge in [0.2, 0.25) is 0 Å². The summed E-state index contributed by atoms with van der Waals surface area (Å²) in [4.78, 5) is 0. The van der Waals surface area contributed by atoms with Gasteiger partial charge in [-0.15, -0.1) is 0 Å². The van der Waals surface area contributed by atoms with Crippen molar-refractivity contribution in [3.8, 4) is 0 Å². The molecule has 2 aromatic rings. The number of rotatable bonds is 3. The van der Waals surface area contributed by atoms with Crippen LogP contribution in [0, 0.1) is 0 Å². The maximum absolute atomic E-state index is 6.29. The first-order valence-electron chi connectivity index (χ1n) is 6.19. The van der Waals surface area contributed by atoms with E-state index in [1.165, 1.54) is 5.56 Å². The Bertz CT molecular complexity index is 517. The fourth-order valence-electron chi connectivity index (χ4n) is 1.97. The second kappa shape index (κ2) is 5.55. The Morgan fingerprint density at radius 3 is 2.11 bits per heavy atom. The van der Waals surface area contributed by atoms with Crippen molar-refractivity contribution in [3.63, 3.8) is 0 Å². The molecule has 2 aromatic carbocycles. The Morgan fingerprint density at radius 2 is 1.50 bits per heavy atom. The van der Waals surface area contributed by atoms with Crippen molar-refractivity contribution in [3.05, 3.63) is 70.2 Å². The fraction of sp³-hybridized carbons (Fsp3) is 0.250. The lowest BCUT2D eigenvalue weighted by Crippen LogP contribution is -2.12. The van der Waals surface area contributed by atoms with Gasteiger partial charge >= 0.3 is 0 Å². The monoisotopic (exact) mass is 259 g/mol. The van der Waals surface area contributed by atoms with E-state index in [0.717, 1.165) is 16.1 Å². The lowest BCUT2D eigenvalue weighted by Gasteiger charge is -2.15. The van der Waals surface area contributed by atoms with Crippen LogP contribution in [0.1, 0.15) is 42.5 Å². The largest absolute Gasteiger partial charge is 0.320 e. The van der Waals surface area contributed by atoms with Gasteiger partial charge in [0.1, 0.15) is 0 Å². The summed E-state index contributed by atoms with van der Waals surface area (Å²) in [6.45, 7) is 4.37. The zero-order valence-corrected chi connectivity index (χ0v) is 11.5. The number of halogens is 1. The zero-order chi connectivity index (χ0) is 13.1. The second-order valence-corrected chi connectivity index (χ2v) is 5.29. The van der Waals surface area contributed by atoms with Gasteiger partial charge < -0.3 is 5.73 Å². The van der Waals surface area contributed by atoms with Gasteiger partial charge in [-0.2, -0.15) is 0 Å². The Morgan fingerprint density at radius 1 is 0.889 bits per heavy atom. The average molecular weight is 260 g/mol. The molecule has 94 valence electrons. The minimum Gasteiger partial charge on any atom is -0.320 e. The van der Waals surface area contributed by atoms with Crippen molar-refractivity contribution in [2.75, 3.05) is 0 Å². The minimum absolute atomic E-state index is 0.0963. The van der Waals surface area contributed by atoms with Crippen LogP contribution in [-0.2, 0) is 0 Å². The number of benzene rings is 2. The molecule has 0 saturated carbocycles. The molecule has 1 unspecified atom stereocenters. The summed E-state index contributed by atoms with van der Waals surface area (Å²) in [5.74, 6) is 0.516. The molecule has 0 amide bonds. The number of hydrogen-bond donors (Lipinski definition) is 1.